The Balaban J connectivity index is 2.55. The topological polar surface area (TPSA) is 12.0 Å². The van der Waals surface area contributed by atoms with Crippen molar-refractivity contribution in [2.75, 3.05) is 6.54 Å². The van der Waals surface area contributed by atoms with Gasteiger partial charge in [-0.25, -0.2) is 0 Å². The molecule has 0 bridgehead atoms. The molecule has 0 aliphatic rings. The Morgan fingerprint density at radius 2 is 1.71 bits per heavy atom. The highest BCUT2D eigenvalue weighted by Crippen LogP contribution is 2.32. The molecule has 2 aromatic rings. The maximum atomic E-state index is 6.28. The van der Waals surface area contributed by atoms with Crippen molar-refractivity contribution in [1.82, 2.24) is 5.32 Å². The second-order valence-electron chi connectivity index (χ2n) is 5.48. The van der Waals surface area contributed by atoms with Gasteiger partial charge in [-0.05, 0) is 77.6 Å². The number of rotatable bonds is 4. The van der Waals surface area contributed by atoms with Crippen LogP contribution in [0.25, 0.3) is 0 Å². The van der Waals surface area contributed by atoms with Crippen LogP contribution in [-0.4, -0.2) is 6.54 Å². The van der Waals surface area contributed by atoms with E-state index in [-0.39, 0.29) is 6.04 Å². The molecule has 0 heterocycles. The van der Waals surface area contributed by atoms with Crippen LogP contribution < -0.4 is 5.32 Å². The fourth-order valence-corrected chi connectivity index (χ4v) is 3.36. The van der Waals surface area contributed by atoms with Crippen LogP contribution in [0, 0.1) is 20.8 Å². The number of hydrogen-bond donors (Lipinski definition) is 1. The van der Waals surface area contributed by atoms with E-state index in [1.165, 1.54) is 27.8 Å². The van der Waals surface area contributed by atoms with Crippen molar-refractivity contribution in [3.63, 3.8) is 0 Å². The zero-order valence-corrected chi connectivity index (χ0v) is 15.3. The summed E-state index contributed by atoms with van der Waals surface area (Å²) < 4.78 is 0.931. The SMILES string of the molecule is CCNC(c1ccc(Br)c(Cl)c1)c1c(C)cc(C)cc1C. The van der Waals surface area contributed by atoms with E-state index in [0.717, 1.165) is 16.0 Å². The van der Waals surface area contributed by atoms with Crippen LogP contribution in [0.2, 0.25) is 5.02 Å². The van der Waals surface area contributed by atoms with Gasteiger partial charge in [0.15, 0.2) is 0 Å². The predicted octanol–water partition coefficient (Wildman–Crippen LogP) is 5.73. The van der Waals surface area contributed by atoms with Gasteiger partial charge in [0.05, 0.1) is 11.1 Å². The summed E-state index contributed by atoms with van der Waals surface area (Å²) in [5, 5.41) is 4.34. The summed E-state index contributed by atoms with van der Waals surface area (Å²) in [7, 11) is 0. The third-order valence-corrected chi connectivity index (χ3v) is 4.94. The van der Waals surface area contributed by atoms with Gasteiger partial charge in [0.25, 0.3) is 0 Å². The summed E-state index contributed by atoms with van der Waals surface area (Å²) >= 11 is 9.74. The Morgan fingerprint density at radius 3 is 2.24 bits per heavy atom. The quantitative estimate of drug-likeness (QED) is 0.729. The van der Waals surface area contributed by atoms with Gasteiger partial charge in [-0.3, -0.25) is 0 Å². The Hall–Kier alpha value is -0.830. The molecule has 1 nitrogen and oxygen atoms in total. The Kier molecular flexibility index (Phi) is 5.48. The summed E-state index contributed by atoms with van der Waals surface area (Å²) in [6.45, 7) is 9.54. The van der Waals surface area contributed by atoms with Crippen molar-refractivity contribution >= 4 is 27.5 Å². The second kappa shape index (κ2) is 6.95. The van der Waals surface area contributed by atoms with Crippen molar-refractivity contribution in [1.29, 1.82) is 0 Å². The molecule has 0 spiro atoms. The van der Waals surface area contributed by atoms with Crippen LogP contribution >= 0.6 is 27.5 Å². The average Bonchev–Trinajstić information content (AvgIpc) is 2.40. The van der Waals surface area contributed by atoms with Gasteiger partial charge in [-0.1, -0.05) is 42.3 Å². The number of halogens is 2. The molecule has 2 aromatic carbocycles. The van der Waals surface area contributed by atoms with Gasteiger partial charge in [0.2, 0.25) is 0 Å². The minimum absolute atomic E-state index is 0.168. The van der Waals surface area contributed by atoms with Crippen LogP contribution in [-0.2, 0) is 0 Å². The minimum atomic E-state index is 0.168. The summed E-state index contributed by atoms with van der Waals surface area (Å²) in [5.74, 6) is 0. The van der Waals surface area contributed by atoms with Gasteiger partial charge in [-0.15, -0.1) is 0 Å². The first-order valence-electron chi connectivity index (χ1n) is 7.20. The molecule has 3 heteroatoms. The molecule has 0 aromatic heterocycles. The summed E-state index contributed by atoms with van der Waals surface area (Å²) in [6, 6.07) is 10.8. The molecule has 0 radical (unpaired) electrons. The Bertz CT molecular complexity index is 629. The highest BCUT2D eigenvalue weighted by atomic mass is 79.9. The molecule has 0 saturated heterocycles. The van der Waals surface area contributed by atoms with Gasteiger partial charge in [0, 0.05) is 4.47 Å². The Labute approximate surface area is 140 Å². The van der Waals surface area contributed by atoms with E-state index in [0.29, 0.717) is 0 Å². The largest absolute Gasteiger partial charge is 0.307 e. The van der Waals surface area contributed by atoms with Crippen LogP contribution in [0.1, 0.15) is 40.8 Å². The molecule has 112 valence electrons. The molecule has 0 fully saturated rings. The van der Waals surface area contributed by atoms with Crippen molar-refractivity contribution in [3.05, 3.63) is 67.6 Å². The lowest BCUT2D eigenvalue weighted by molar-refractivity contribution is 0.624. The van der Waals surface area contributed by atoms with E-state index in [4.69, 9.17) is 11.6 Å². The van der Waals surface area contributed by atoms with Crippen LogP contribution in [0.4, 0.5) is 0 Å². The molecular formula is C18H21BrClN. The molecule has 1 N–H and O–H groups in total. The molecule has 0 saturated carbocycles. The second-order valence-corrected chi connectivity index (χ2v) is 6.74. The number of aryl methyl sites for hydroxylation is 3. The summed E-state index contributed by atoms with van der Waals surface area (Å²) in [4.78, 5) is 0. The maximum Gasteiger partial charge on any atom is 0.0582 e. The van der Waals surface area contributed by atoms with E-state index < -0.39 is 0 Å². The number of benzene rings is 2. The monoisotopic (exact) mass is 365 g/mol. The summed E-state index contributed by atoms with van der Waals surface area (Å²) in [6.07, 6.45) is 0. The third-order valence-electron chi connectivity index (χ3n) is 3.71. The van der Waals surface area contributed by atoms with E-state index in [2.05, 4.69) is 67.1 Å². The molecule has 21 heavy (non-hydrogen) atoms. The molecule has 1 unspecified atom stereocenters. The Morgan fingerprint density at radius 1 is 1.10 bits per heavy atom. The van der Waals surface area contributed by atoms with Crippen molar-refractivity contribution in [2.45, 2.75) is 33.7 Å². The molecular weight excluding hydrogens is 346 g/mol. The highest BCUT2D eigenvalue weighted by molar-refractivity contribution is 9.10. The van der Waals surface area contributed by atoms with Gasteiger partial charge >= 0.3 is 0 Å². The maximum absolute atomic E-state index is 6.28. The zero-order chi connectivity index (χ0) is 15.6. The van der Waals surface area contributed by atoms with Gasteiger partial charge < -0.3 is 5.32 Å². The number of hydrogen-bond acceptors (Lipinski definition) is 1. The van der Waals surface area contributed by atoms with Crippen molar-refractivity contribution in [3.8, 4) is 0 Å². The fourth-order valence-electron chi connectivity index (χ4n) is 2.93. The van der Waals surface area contributed by atoms with Crippen LogP contribution in [0.3, 0.4) is 0 Å². The lowest BCUT2D eigenvalue weighted by atomic mass is 9.90. The smallest absolute Gasteiger partial charge is 0.0582 e. The average molecular weight is 367 g/mol. The van der Waals surface area contributed by atoms with E-state index >= 15 is 0 Å². The van der Waals surface area contributed by atoms with Gasteiger partial charge in [-0.2, -0.15) is 0 Å². The fraction of sp³-hybridized carbons (Fsp3) is 0.333. The van der Waals surface area contributed by atoms with Crippen LogP contribution in [0.15, 0.2) is 34.8 Å². The zero-order valence-electron chi connectivity index (χ0n) is 12.9. The first-order chi connectivity index (χ1) is 9.93. The lowest BCUT2D eigenvalue weighted by Gasteiger charge is -2.24. The van der Waals surface area contributed by atoms with Crippen molar-refractivity contribution < 1.29 is 0 Å². The number of nitrogens with one attached hydrogen (secondary N) is 1. The molecule has 2 rings (SSSR count). The third kappa shape index (κ3) is 3.68. The molecule has 0 amide bonds. The van der Waals surface area contributed by atoms with E-state index in [9.17, 15) is 0 Å². The molecule has 0 aliphatic heterocycles. The molecule has 1 atom stereocenters. The lowest BCUT2D eigenvalue weighted by Crippen LogP contribution is -2.23. The van der Waals surface area contributed by atoms with Crippen LogP contribution in [0.5, 0.6) is 0 Å². The standard InChI is InChI=1S/C18H21BrClN/c1-5-21-18(14-6-7-15(19)16(20)10-14)17-12(3)8-11(2)9-13(17)4/h6-10,18,21H,5H2,1-4H3. The first-order valence-corrected chi connectivity index (χ1v) is 8.37. The first kappa shape index (κ1) is 16.5. The normalized spacial score (nSPS) is 12.5. The highest BCUT2D eigenvalue weighted by Gasteiger charge is 2.18. The van der Waals surface area contributed by atoms with Crippen molar-refractivity contribution in [2.24, 2.45) is 0 Å². The predicted molar refractivity (Wildman–Crippen MR) is 95.3 cm³/mol. The van der Waals surface area contributed by atoms with E-state index in [1.54, 1.807) is 0 Å². The van der Waals surface area contributed by atoms with Gasteiger partial charge in [0.1, 0.15) is 0 Å². The molecule has 0 aliphatic carbocycles. The van der Waals surface area contributed by atoms with E-state index in [1.807, 2.05) is 12.1 Å². The summed E-state index contributed by atoms with van der Waals surface area (Å²) in [5.41, 5.74) is 6.48. The minimum Gasteiger partial charge on any atom is -0.307 e.